The summed E-state index contributed by atoms with van der Waals surface area (Å²) in [5.74, 6) is -0.324. The van der Waals surface area contributed by atoms with Crippen molar-refractivity contribution in [3.05, 3.63) is 0 Å². The maximum Gasteiger partial charge on any atom is 0.184 e. The van der Waals surface area contributed by atoms with Crippen molar-refractivity contribution in [2.75, 3.05) is 42.3 Å². The molecule has 0 rings (SSSR count). The molecule has 0 aromatic heterocycles. The monoisotopic (exact) mass is 219 g/mol. The Morgan fingerprint density at radius 2 is 1.36 bits per heavy atom. The van der Waals surface area contributed by atoms with E-state index in [4.69, 9.17) is 4.43 Å². The molecule has 0 fully saturated rings. The quantitative estimate of drug-likeness (QED) is 0.437. The molecule has 0 aromatic carbocycles. The highest BCUT2D eigenvalue weighted by molar-refractivity contribution is 5.98. The molecule has 0 saturated heterocycles. The number of rotatable bonds is 5. The van der Waals surface area contributed by atoms with Crippen molar-refractivity contribution in [3.63, 3.8) is 0 Å². The van der Waals surface area contributed by atoms with Gasteiger partial charge in [-0.3, -0.25) is 9.80 Å². The van der Waals surface area contributed by atoms with Crippen LogP contribution in [0, 0.1) is 0 Å². The van der Waals surface area contributed by atoms with Gasteiger partial charge in [0, 0.05) is 0 Å². The first-order valence-corrected chi connectivity index (χ1v) is 5.68. The summed E-state index contributed by atoms with van der Waals surface area (Å²) in [6.07, 6.45) is 0. The first kappa shape index (κ1) is 14.1. The van der Waals surface area contributed by atoms with E-state index in [1.165, 1.54) is 0 Å². The number of hydrogen-bond donors (Lipinski definition) is 0. The second kappa shape index (κ2) is 5.23. The van der Waals surface area contributed by atoms with E-state index in [-0.39, 0.29) is 5.85 Å². The molecule has 0 aliphatic carbocycles. The molecule has 4 nitrogen and oxygen atoms in total. The van der Waals surface area contributed by atoms with Crippen LogP contribution in [0.2, 0.25) is 0 Å². The first-order chi connectivity index (χ1) is 6.30. The minimum Gasteiger partial charge on any atom is -0.398 e. The molecule has 86 valence electrons. The normalized spacial score (nSPS) is 15.9. The van der Waals surface area contributed by atoms with Gasteiger partial charge in [-0.15, -0.1) is 0 Å². The molecule has 0 saturated carbocycles. The van der Waals surface area contributed by atoms with Crippen LogP contribution in [0.15, 0.2) is 0 Å². The van der Waals surface area contributed by atoms with E-state index in [1.54, 1.807) is 0 Å². The third-order valence-corrected chi connectivity index (χ3v) is 3.50. The van der Waals surface area contributed by atoms with Crippen LogP contribution >= 0.6 is 0 Å². The molecule has 0 aromatic rings. The van der Waals surface area contributed by atoms with E-state index in [0.717, 1.165) is 10.5 Å². The number of nitrogens with zero attached hydrogens (tertiary/aromatic N) is 3. The average Bonchev–Trinajstić information content (AvgIpc) is 2.04. The van der Waals surface area contributed by atoms with Crippen molar-refractivity contribution in [1.29, 1.82) is 0 Å². The van der Waals surface area contributed by atoms with Gasteiger partial charge in [-0.25, -0.2) is 0 Å². The fourth-order valence-corrected chi connectivity index (χ4v) is 3.09. The summed E-state index contributed by atoms with van der Waals surface area (Å²) in [7, 11) is 13.1. The summed E-state index contributed by atoms with van der Waals surface area (Å²) in [5, 5.41) is 0. The lowest BCUT2D eigenvalue weighted by atomic mass is 10.1. The van der Waals surface area contributed by atoms with Gasteiger partial charge in [0.25, 0.3) is 0 Å². The standard InChI is InChI=1S/C9H25N3OSi/c1-8(10(2)3)9(13-14,11(4)5)12(6)7/h8H,1-7,14H3. The summed E-state index contributed by atoms with van der Waals surface area (Å²) >= 11 is 0. The van der Waals surface area contributed by atoms with Crippen molar-refractivity contribution in [2.45, 2.75) is 18.8 Å². The molecule has 0 radical (unpaired) electrons. The van der Waals surface area contributed by atoms with Crippen LogP contribution in [0.3, 0.4) is 0 Å². The van der Waals surface area contributed by atoms with Gasteiger partial charge in [0.2, 0.25) is 0 Å². The van der Waals surface area contributed by atoms with E-state index in [2.05, 4.69) is 63.9 Å². The maximum atomic E-state index is 5.83. The highest BCUT2D eigenvalue weighted by Crippen LogP contribution is 2.23. The van der Waals surface area contributed by atoms with Crippen molar-refractivity contribution < 1.29 is 4.43 Å². The maximum absolute atomic E-state index is 5.83. The first-order valence-electron chi connectivity index (χ1n) is 4.87. The van der Waals surface area contributed by atoms with Crippen LogP contribution in [0.1, 0.15) is 6.92 Å². The zero-order valence-corrected chi connectivity index (χ0v) is 12.8. The number of likely N-dealkylation sites (N-methyl/N-ethyl adjacent to an activating group) is 3. The lowest BCUT2D eigenvalue weighted by Crippen LogP contribution is -2.66. The van der Waals surface area contributed by atoms with Gasteiger partial charge in [-0.1, -0.05) is 0 Å². The van der Waals surface area contributed by atoms with Crippen molar-refractivity contribution in [3.8, 4) is 0 Å². The summed E-state index contributed by atoms with van der Waals surface area (Å²) in [4.78, 5) is 6.44. The van der Waals surface area contributed by atoms with Gasteiger partial charge >= 0.3 is 0 Å². The Morgan fingerprint density at radius 1 is 1.00 bits per heavy atom. The van der Waals surface area contributed by atoms with Crippen molar-refractivity contribution in [2.24, 2.45) is 0 Å². The van der Waals surface area contributed by atoms with Gasteiger partial charge < -0.3 is 9.33 Å². The molecule has 14 heavy (non-hydrogen) atoms. The molecular formula is C9H25N3OSi. The largest absolute Gasteiger partial charge is 0.398 e. The van der Waals surface area contributed by atoms with E-state index in [9.17, 15) is 0 Å². The summed E-state index contributed by atoms with van der Waals surface area (Å²) in [6.45, 7) is 2.18. The van der Waals surface area contributed by atoms with Gasteiger partial charge in [0.1, 0.15) is 10.5 Å². The molecule has 1 unspecified atom stereocenters. The predicted octanol–water partition coefficient (Wildman–Crippen LogP) is -0.989. The third-order valence-electron chi connectivity index (χ3n) is 2.90. The highest BCUT2D eigenvalue weighted by Gasteiger charge is 2.41. The Kier molecular flexibility index (Phi) is 5.25. The third kappa shape index (κ3) is 2.35. The molecule has 0 amide bonds. The van der Waals surface area contributed by atoms with Gasteiger partial charge in [-0.2, -0.15) is 0 Å². The molecule has 0 heterocycles. The minimum absolute atomic E-state index is 0.310. The van der Waals surface area contributed by atoms with Crippen LogP contribution in [0.5, 0.6) is 0 Å². The zero-order chi connectivity index (χ0) is 11.5. The summed E-state index contributed by atoms with van der Waals surface area (Å²) < 4.78 is 5.83. The van der Waals surface area contributed by atoms with Crippen molar-refractivity contribution in [1.82, 2.24) is 14.7 Å². The molecule has 5 heteroatoms. The SMILES string of the molecule is CC(N(C)C)C(O[SiH3])(N(C)C)N(C)C. The molecule has 0 N–H and O–H groups in total. The Labute approximate surface area is 91.3 Å². The molecule has 1 atom stereocenters. The van der Waals surface area contributed by atoms with Gasteiger partial charge in [0.05, 0.1) is 6.04 Å². The highest BCUT2D eigenvalue weighted by atomic mass is 28.2. The fourth-order valence-electron chi connectivity index (χ4n) is 2.02. The van der Waals surface area contributed by atoms with E-state index in [0.29, 0.717) is 6.04 Å². The fraction of sp³-hybridized carbons (Fsp3) is 1.00. The second-order valence-corrected chi connectivity index (χ2v) is 4.70. The lowest BCUT2D eigenvalue weighted by Gasteiger charge is -2.50. The van der Waals surface area contributed by atoms with E-state index < -0.39 is 0 Å². The Hall–Kier alpha value is 0.0569. The predicted molar refractivity (Wildman–Crippen MR) is 64.3 cm³/mol. The van der Waals surface area contributed by atoms with Crippen LogP contribution in [0.25, 0.3) is 0 Å². The zero-order valence-electron chi connectivity index (χ0n) is 10.8. The summed E-state index contributed by atoms with van der Waals surface area (Å²) in [5.41, 5.74) is 0. The Balaban J connectivity index is 5.03. The molecule has 0 spiro atoms. The smallest absolute Gasteiger partial charge is 0.184 e. The van der Waals surface area contributed by atoms with Gasteiger partial charge in [0.15, 0.2) is 5.85 Å². The van der Waals surface area contributed by atoms with Crippen LogP contribution < -0.4 is 0 Å². The molecular weight excluding hydrogens is 194 g/mol. The van der Waals surface area contributed by atoms with Crippen LogP contribution in [-0.2, 0) is 4.43 Å². The molecule has 0 aliphatic heterocycles. The molecule has 0 aliphatic rings. The molecule has 0 bridgehead atoms. The topological polar surface area (TPSA) is 19.0 Å². The number of hydrogen-bond acceptors (Lipinski definition) is 4. The minimum atomic E-state index is -0.324. The Morgan fingerprint density at radius 3 is 1.43 bits per heavy atom. The van der Waals surface area contributed by atoms with Crippen LogP contribution in [-0.4, -0.2) is 79.4 Å². The van der Waals surface area contributed by atoms with Gasteiger partial charge in [-0.05, 0) is 49.2 Å². The lowest BCUT2D eigenvalue weighted by molar-refractivity contribution is -0.193. The van der Waals surface area contributed by atoms with Crippen LogP contribution in [0.4, 0.5) is 0 Å². The van der Waals surface area contributed by atoms with Crippen molar-refractivity contribution >= 4 is 10.5 Å². The summed E-state index contributed by atoms with van der Waals surface area (Å²) in [6, 6.07) is 0.310. The average molecular weight is 219 g/mol. The second-order valence-electron chi connectivity index (χ2n) is 4.29. The Bertz CT molecular complexity index is 165. The van der Waals surface area contributed by atoms with E-state index >= 15 is 0 Å². The van der Waals surface area contributed by atoms with E-state index in [1.807, 2.05) is 0 Å².